The lowest BCUT2D eigenvalue weighted by molar-refractivity contribution is 0.297. The molecular weight excluding hydrogens is 246 g/mol. The van der Waals surface area contributed by atoms with Gasteiger partial charge in [0.05, 0.1) is 24.9 Å². The van der Waals surface area contributed by atoms with E-state index in [1.807, 2.05) is 25.1 Å². The molecule has 0 saturated heterocycles. The highest BCUT2D eigenvalue weighted by atomic mass is 16.5. The third-order valence-corrected chi connectivity index (χ3v) is 2.88. The van der Waals surface area contributed by atoms with Crippen LogP contribution in [0.4, 0.5) is 0 Å². The Morgan fingerprint density at radius 3 is 2.84 bits per heavy atom. The Hall–Kier alpha value is -2.15. The number of hydrogen-bond donors (Lipinski definition) is 1. The van der Waals surface area contributed by atoms with Crippen molar-refractivity contribution in [3.63, 3.8) is 0 Å². The molecule has 0 amide bonds. The first kappa shape index (κ1) is 11.9. The Morgan fingerprint density at radius 1 is 1.26 bits per heavy atom. The minimum absolute atomic E-state index is 0.244. The first-order valence-corrected chi connectivity index (χ1v) is 6.19. The first-order chi connectivity index (χ1) is 9.25. The number of fused-ring (bicyclic) bond motifs is 1. The van der Waals surface area contributed by atoms with Crippen molar-refractivity contribution in [1.29, 1.82) is 0 Å². The van der Waals surface area contributed by atoms with Gasteiger partial charge in [0, 0.05) is 12.5 Å². The first-order valence-electron chi connectivity index (χ1n) is 6.19. The van der Waals surface area contributed by atoms with E-state index < -0.39 is 0 Å². The van der Waals surface area contributed by atoms with E-state index in [0.29, 0.717) is 24.8 Å². The third kappa shape index (κ3) is 2.24. The zero-order valence-electron chi connectivity index (χ0n) is 10.6. The number of ether oxygens (including phenoxy) is 2. The second-order valence-electron chi connectivity index (χ2n) is 4.42. The molecule has 2 heterocycles. The van der Waals surface area contributed by atoms with Crippen LogP contribution in [0.5, 0.6) is 11.5 Å². The van der Waals surface area contributed by atoms with Crippen LogP contribution in [0.15, 0.2) is 18.2 Å². The molecule has 19 heavy (non-hydrogen) atoms. The quantitative estimate of drug-likeness (QED) is 0.862. The molecule has 7 nitrogen and oxygen atoms in total. The van der Waals surface area contributed by atoms with Crippen LogP contribution < -0.4 is 15.2 Å². The minimum Gasteiger partial charge on any atom is -0.490 e. The van der Waals surface area contributed by atoms with E-state index in [1.54, 1.807) is 4.68 Å². The standard InChI is InChI=1S/C12H15N5O2/c1-8(13)12-14-15-16-17(12)9-3-4-10-11(7-9)19-6-2-5-18-10/h3-4,7-8H,2,5-6,13H2,1H3. The number of nitrogens with zero attached hydrogens (tertiary/aromatic N) is 4. The van der Waals surface area contributed by atoms with Crippen molar-refractivity contribution in [2.75, 3.05) is 13.2 Å². The van der Waals surface area contributed by atoms with Crippen LogP contribution in [0.3, 0.4) is 0 Å². The van der Waals surface area contributed by atoms with E-state index in [2.05, 4.69) is 15.5 Å². The SMILES string of the molecule is CC(N)c1nnnn1-c1ccc2c(c1)OCCCO2. The highest BCUT2D eigenvalue weighted by Crippen LogP contribution is 2.31. The van der Waals surface area contributed by atoms with Gasteiger partial charge in [-0.2, -0.15) is 4.68 Å². The van der Waals surface area contributed by atoms with Gasteiger partial charge < -0.3 is 15.2 Å². The molecule has 0 saturated carbocycles. The van der Waals surface area contributed by atoms with Crippen molar-refractivity contribution < 1.29 is 9.47 Å². The van der Waals surface area contributed by atoms with Gasteiger partial charge in [-0.15, -0.1) is 5.10 Å². The van der Waals surface area contributed by atoms with Gasteiger partial charge in [0.2, 0.25) is 0 Å². The number of aromatic nitrogens is 4. The molecule has 1 atom stereocenters. The summed E-state index contributed by atoms with van der Waals surface area (Å²) in [6, 6.07) is 5.37. The summed E-state index contributed by atoms with van der Waals surface area (Å²) in [5, 5.41) is 11.5. The molecule has 7 heteroatoms. The van der Waals surface area contributed by atoms with Crippen LogP contribution in [-0.2, 0) is 0 Å². The predicted octanol–water partition coefficient (Wildman–Crippen LogP) is 0.843. The zero-order valence-corrected chi connectivity index (χ0v) is 10.6. The maximum Gasteiger partial charge on any atom is 0.173 e. The summed E-state index contributed by atoms with van der Waals surface area (Å²) in [6.07, 6.45) is 0.875. The van der Waals surface area contributed by atoms with Crippen molar-refractivity contribution >= 4 is 0 Å². The molecule has 0 spiro atoms. The number of tetrazole rings is 1. The van der Waals surface area contributed by atoms with Crippen molar-refractivity contribution in [2.45, 2.75) is 19.4 Å². The second kappa shape index (κ2) is 4.85. The van der Waals surface area contributed by atoms with Gasteiger partial charge in [-0.3, -0.25) is 0 Å². The summed E-state index contributed by atoms with van der Waals surface area (Å²) in [7, 11) is 0. The molecule has 3 rings (SSSR count). The molecule has 2 N–H and O–H groups in total. The maximum absolute atomic E-state index is 5.84. The van der Waals surface area contributed by atoms with Gasteiger partial charge in [0.1, 0.15) is 0 Å². The lowest BCUT2D eigenvalue weighted by Crippen LogP contribution is -2.13. The normalized spacial score (nSPS) is 15.9. The van der Waals surface area contributed by atoms with E-state index in [0.717, 1.165) is 17.9 Å². The molecular formula is C12H15N5O2. The summed E-state index contributed by atoms with van der Waals surface area (Å²) in [5.41, 5.74) is 6.65. The molecule has 1 aromatic carbocycles. The van der Waals surface area contributed by atoms with Crippen LogP contribution in [-0.4, -0.2) is 33.4 Å². The summed E-state index contributed by atoms with van der Waals surface area (Å²) in [5.74, 6) is 2.06. The molecule has 0 bridgehead atoms. The molecule has 1 aliphatic heterocycles. The number of rotatable bonds is 2. The average molecular weight is 261 g/mol. The van der Waals surface area contributed by atoms with Crippen LogP contribution >= 0.6 is 0 Å². The monoisotopic (exact) mass is 261 g/mol. The van der Waals surface area contributed by atoms with E-state index >= 15 is 0 Å². The fourth-order valence-electron chi connectivity index (χ4n) is 1.95. The van der Waals surface area contributed by atoms with Crippen molar-refractivity contribution in [3.8, 4) is 17.2 Å². The van der Waals surface area contributed by atoms with E-state index in [-0.39, 0.29) is 6.04 Å². The van der Waals surface area contributed by atoms with Crippen LogP contribution in [0.2, 0.25) is 0 Å². The van der Waals surface area contributed by atoms with E-state index in [1.165, 1.54) is 0 Å². The van der Waals surface area contributed by atoms with Gasteiger partial charge >= 0.3 is 0 Å². The zero-order chi connectivity index (χ0) is 13.2. The van der Waals surface area contributed by atoms with Crippen molar-refractivity contribution in [1.82, 2.24) is 20.2 Å². The highest BCUT2D eigenvalue weighted by Gasteiger charge is 2.16. The van der Waals surface area contributed by atoms with Crippen LogP contribution in [0.25, 0.3) is 5.69 Å². The molecule has 0 fully saturated rings. The van der Waals surface area contributed by atoms with Gasteiger partial charge in [0.25, 0.3) is 0 Å². The summed E-state index contributed by atoms with van der Waals surface area (Å²) in [6.45, 7) is 3.15. The van der Waals surface area contributed by atoms with E-state index in [4.69, 9.17) is 15.2 Å². The van der Waals surface area contributed by atoms with Crippen molar-refractivity contribution in [3.05, 3.63) is 24.0 Å². The lowest BCUT2D eigenvalue weighted by Gasteiger charge is -2.11. The van der Waals surface area contributed by atoms with Gasteiger partial charge in [-0.1, -0.05) is 0 Å². The maximum atomic E-state index is 5.84. The topological polar surface area (TPSA) is 88.1 Å². The fraction of sp³-hybridized carbons (Fsp3) is 0.417. The summed E-state index contributed by atoms with van der Waals surface area (Å²) < 4.78 is 12.8. The van der Waals surface area contributed by atoms with Crippen LogP contribution in [0, 0.1) is 0 Å². The largest absolute Gasteiger partial charge is 0.490 e. The Kier molecular flexibility index (Phi) is 3.04. The number of hydrogen-bond acceptors (Lipinski definition) is 6. The average Bonchev–Trinajstić information content (AvgIpc) is 2.78. The Bertz CT molecular complexity index is 581. The minimum atomic E-state index is -0.244. The van der Waals surface area contributed by atoms with Gasteiger partial charge in [-0.25, -0.2) is 0 Å². The second-order valence-corrected chi connectivity index (χ2v) is 4.42. The lowest BCUT2D eigenvalue weighted by atomic mass is 10.2. The Balaban J connectivity index is 2.01. The molecule has 1 aromatic heterocycles. The van der Waals surface area contributed by atoms with Gasteiger partial charge in [-0.05, 0) is 29.5 Å². The molecule has 100 valence electrons. The smallest absolute Gasteiger partial charge is 0.173 e. The molecule has 2 aromatic rings. The Labute approximate surface area is 110 Å². The predicted molar refractivity (Wildman–Crippen MR) is 67.4 cm³/mol. The third-order valence-electron chi connectivity index (χ3n) is 2.88. The van der Waals surface area contributed by atoms with Gasteiger partial charge in [0.15, 0.2) is 17.3 Å². The summed E-state index contributed by atoms with van der Waals surface area (Å²) in [4.78, 5) is 0. The van der Waals surface area contributed by atoms with Crippen LogP contribution in [0.1, 0.15) is 25.2 Å². The number of nitrogens with two attached hydrogens (primary N) is 1. The summed E-state index contributed by atoms with van der Waals surface area (Å²) >= 11 is 0. The van der Waals surface area contributed by atoms with Crippen molar-refractivity contribution in [2.24, 2.45) is 5.73 Å². The molecule has 1 unspecified atom stereocenters. The fourth-order valence-corrected chi connectivity index (χ4v) is 1.95. The highest BCUT2D eigenvalue weighted by molar-refractivity contribution is 5.49. The molecule has 0 aliphatic carbocycles. The molecule has 1 aliphatic rings. The number of benzene rings is 1. The van der Waals surface area contributed by atoms with E-state index in [9.17, 15) is 0 Å². The Morgan fingerprint density at radius 2 is 2.05 bits per heavy atom. The molecule has 0 radical (unpaired) electrons.